The number of H-pyrrole nitrogens is 2. The van der Waals surface area contributed by atoms with Crippen molar-refractivity contribution in [3.63, 3.8) is 0 Å². The number of carbonyl (C=O) groups is 1. The van der Waals surface area contributed by atoms with Crippen molar-refractivity contribution < 1.29 is 4.79 Å². The zero-order valence-corrected chi connectivity index (χ0v) is 21.5. The third kappa shape index (κ3) is 4.92. The van der Waals surface area contributed by atoms with Crippen molar-refractivity contribution in [1.82, 2.24) is 25.1 Å². The monoisotopic (exact) mass is 521 g/mol. The van der Waals surface area contributed by atoms with Crippen LogP contribution >= 0.6 is 15.9 Å². The van der Waals surface area contributed by atoms with Crippen LogP contribution < -0.4 is 5.32 Å². The first kappa shape index (κ1) is 23.1. The average molecular weight is 522 g/mol. The number of hydrogen-bond donors (Lipinski definition) is 3. The van der Waals surface area contributed by atoms with E-state index in [0.29, 0.717) is 12.1 Å². The van der Waals surface area contributed by atoms with Gasteiger partial charge < -0.3 is 25.1 Å². The molecule has 3 heterocycles. The molecular weight excluding hydrogens is 490 g/mol. The van der Waals surface area contributed by atoms with Crippen molar-refractivity contribution in [3.05, 3.63) is 58.1 Å². The summed E-state index contributed by atoms with van der Waals surface area (Å²) < 4.78 is 0.982. The molecule has 1 aliphatic heterocycles. The number of fused-ring (bicyclic) bond motifs is 2. The fourth-order valence-electron chi connectivity index (χ4n) is 4.91. The first-order valence-electron chi connectivity index (χ1n) is 12.1. The van der Waals surface area contributed by atoms with Crippen LogP contribution in [-0.2, 0) is 0 Å². The maximum absolute atomic E-state index is 13.4. The molecule has 0 unspecified atom stereocenters. The molecule has 7 heteroatoms. The summed E-state index contributed by atoms with van der Waals surface area (Å²) in [6.07, 6.45) is 2.16. The van der Waals surface area contributed by atoms with Gasteiger partial charge in [0.15, 0.2) is 0 Å². The molecular formula is C27H32BrN5O. The third-order valence-corrected chi connectivity index (χ3v) is 7.28. The maximum atomic E-state index is 13.4. The number of likely N-dealkylation sites (N-methyl/N-ethyl adjacent to an activating group) is 1. The second-order valence-electron chi connectivity index (χ2n) is 9.45. The van der Waals surface area contributed by atoms with Crippen LogP contribution in [0.1, 0.15) is 28.8 Å². The molecule has 1 amide bonds. The highest BCUT2D eigenvalue weighted by Gasteiger charge is 2.21. The van der Waals surface area contributed by atoms with Crippen LogP contribution in [0.4, 0.5) is 0 Å². The highest BCUT2D eigenvalue weighted by atomic mass is 79.9. The topological polar surface area (TPSA) is 67.2 Å². The summed E-state index contributed by atoms with van der Waals surface area (Å²) in [5.74, 6) is -0.0333. The van der Waals surface area contributed by atoms with Crippen LogP contribution in [0, 0.1) is 6.92 Å². The summed E-state index contributed by atoms with van der Waals surface area (Å²) in [5.41, 5.74) is 5.67. The Bertz CT molecular complexity index is 1320. The number of nitrogens with zero attached hydrogens (tertiary/aromatic N) is 2. The quantitative estimate of drug-likeness (QED) is 0.307. The van der Waals surface area contributed by atoms with E-state index in [1.54, 1.807) is 0 Å². The minimum atomic E-state index is -0.0333. The van der Waals surface area contributed by atoms with E-state index >= 15 is 0 Å². The van der Waals surface area contributed by atoms with Crippen molar-refractivity contribution in [1.29, 1.82) is 0 Å². The molecule has 0 aliphatic carbocycles. The van der Waals surface area contributed by atoms with E-state index in [4.69, 9.17) is 0 Å². The minimum absolute atomic E-state index is 0.0333. The zero-order valence-electron chi connectivity index (χ0n) is 19.9. The van der Waals surface area contributed by atoms with E-state index in [1.165, 1.54) is 18.5 Å². The van der Waals surface area contributed by atoms with Crippen LogP contribution in [-0.4, -0.2) is 72.0 Å². The van der Waals surface area contributed by atoms with E-state index in [0.717, 1.165) is 70.3 Å². The Hall–Kier alpha value is -2.61. The molecule has 34 heavy (non-hydrogen) atoms. The van der Waals surface area contributed by atoms with Crippen LogP contribution in [0.15, 0.2) is 46.9 Å². The Balaban J connectivity index is 1.36. The molecule has 178 valence electrons. The predicted octanol–water partition coefficient (Wildman–Crippen LogP) is 5.14. The van der Waals surface area contributed by atoms with Crippen LogP contribution in [0.2, 0.25) is 0 Å². The molecule has 4 aromatic rings. The van der Waals surface area contributed by atoms with E-state index < -0.39 is 0 Å². The number of carbonyl (C=O) groups excluding carboxylic acids is 1. The Labute approximate surface area is 208 Å². The Kier molecular flexibility index (Phi) is 6.77. The van der Waals surface area contributed by atoms with Gasteiger partial charge in [0.05, 0.1) is 17.0 Å². The molecule has 2 aromatic heterocycles. The number of halogens is 1. The Morgan fingerprint density at radius 1 is 1.03 bits per heavy atom. The number of nitrogens with one attached hydrogen (secondary N) is 3. The standard InChI is InChI=1S/C27H32BrN5O/c1-18-5-8-22-19(15-18)16-24(30-22)26-25(21-7-6-20(28)17-23(21)31-26)27(34)29-9-3-11-33-12-4-10-32(2)13-14-33/h5-8,15-17,30-31H,3-4,9-14H2,1-2H3,(H,29,34). The van der Waals surface area contributed by atoms with Gasteiger partial charge in [0.25, 0.3) is 5.91 Å². The van der Waals surface area contributed by atoms with Gasteiger partial charge in [-0.05, 0) is 76.8 Å². The SMILES string of the molecule is Cc1ccc2[nH]c(-c3[nH]c4cc(Br)ccc4c3C(=O)NCCCN3CCCN(C)CC3)cc2c1. The smallest absolute Gasteiger partial charge is 0.254 e. The number of aromatic nitrogens is 2. The van der Waals surface area contributed by atoms with Gasteiger partial charge in [0, 0.05) is 45.9 Å². The summed E-state index contributed by atoms with van der Waals surface area (Å²) in [6, 6.07) is 14.5. The van der Waals surface area contributed by atoms with Crippen LogP contribution in [0.25, 0.3) is 33.2 Å². The minimum Gasteiger partial charge on any atom is -0.353 e. The van der Waals surface area contributed by atoms with Gasteiger partial charge in [0.2, 0.25) is 0 Å². The summed E-state index contributed by atoms with van der Waals surface area (Å²) in [4.78, 5) is 25.3. The molecule has 0 atom stereocenters. The maximum Gasteiger partial charge on any atom is 0.254 e. The van der Waals surface area contributed by atoms with Gasteiger partial charge in [-0.25, -0.2) is 0 Å². The van der Waals surface area contributed by atoms with Gasteiger partial charge in [-0.15, -0.1) is 0 Å². The van der Waals surface area contributed by atoms with E-state index in [2.05, 4.69) is 79.3 Å². The van der Waals surface area contributed by atoms with Gasteiger partial charge in [-0.3, -0.25) is 4.79 Å². The molecule has 0 spiro atoms. The molecule has 0 radical (unpaired) electrons. The lowest BCUT2D eigenvalue weighted by Gasteiger charge is -2.20. The molecule has 3 N–H and O–H groups in total. The Morgan fingerprint density at radius 2 is 1.91 bits per heavy atom. The van der Waals surface area contributed by atoms with Crippen molar-refractivity contribution in [2.24, 2.45) is 0 Å². The summed E-state index contributed by atoms with van der Waals surface area (Å²) in [7, 11) is 2.19. The molecule has 5 rings (SSSR count). The van der Waals surface area contributed by atoms with Gasteiger partial charge in [0.1, 0.15) is 0 Å². The second-order valence-corrected chi connectivity index (χ2v) is 10.4. The summed E-state index contributed by atoms with van der Waals surface area (Å²) >= 11 is 3.56. The lowest BCUT2D eigenvalue weighted by atomic mass is 10.1. The number of aryl methyl sites for hydroxylation is 1. The lowest BCUT2D eigenvalue weighted by Crippen LogP contribution is -2.32. The fraction of sp³-hybridized carbons (Fsp3) is 0.370. The normalized spacial score (nSPS) is 15.7. The van der Waals surface area contributed by atoms with E-state index in [9.17, 15) is 4.79 Å². The molecule has 6 nitrogen and oxygen atoms in total. The molecule has 1 fully saturated rings. The average Bonchev–Trinajstić information content (AvgIpc) is 3.33. The molecule has 1 aliphatic rings. The first-order chi connectivity index (χ1) is 16.5. The lowest BCUT2D eigenvalue weighted by molar-refractivity contribution is 0.0954. The summed E-state index contributed by atoms with van der Waals surface area (Å²) in [6.45, 7) is 8.30. The molecule has 2 aromatic carbocycles. The summed E-state index contributed by atoms with van der Waals surface area (Å²) in [5, 5.41) is 5.26. The number of amides is 1. The second kappa shape index (κ2) is 9.94. The number of hydrogen-bond acceptors (Lipinski definition) is 3. The number of aromatic amines is 2. The molecule has 0 bridgehead atoms. The van der Waals surface area contributed by atoms with Gasteiger partial charge in [-0.2, -0.15) is 0 Å². The third-order valence-electron chi connectivity index (χ3n) is 6.78. The van der Waals surface area contributed by atoms with Gasteiger partial charge in [-0.1, -0.05) is 33.6 Å². The van der Waals surface area contributed by atoms with Crippen molar-refractivity contribution in [2.75, 3.05) is 46.3 Å². The van der Waals surface area contributed by atoms with Crippen molar-refractivity contribution in [3.8, 4) is 11.4 Å². The Morgan fingerprint density at radius 3 is 2.79 bits per heavy atom. The van der Waals surface area contributed by atoms with Crippen LogP contribution in [0.3, 0.4) is 0 Å². The predicted molar refractivity (Wildman–Crippen MR) is 144 cm³/mol. The van der Waals surface area contributed by atoms with Gasteiger partial charge >= 0.3 is 0 Å². The number of rotatable bonds is 6. The van der Waals surface area contributed by atoms with E-state index in [-0.39, 0.29) is 5.91 Å². The fourth-order valence-corrected chi connectivity index (χ4v) is 5.27. The van der Waals surface area contributed by atoms with Crippen molar-refractivity contribution >= 4 is 43.6 Å². The highest BCUT2D eigenvalue weighted by Crippen LogP contribution is 2.33. The molecule has 0 saturated carbocycles. The van der Waals surface area contributed by atoms with Crippen LogP contribution in [0.5, 0.6) is 0 Å². The van der Waals surface area contributed by atoms with Crippen molar-refractivity contribution in [2.45, 2.75) is 19.8 Å². The van der Waals surface area contributed by atoms with E-state index in [1.807, 2.05) is 18.2 Å². The largest absolute Gasteiger partial charge is 0.353 e. The highest BCUT2D eigenvalue weighted by molar-refractivity contribution is 9.10. The zero-order chi connectivity index (χ0) is 23.7. The number of benzene rings is 2. The first-order valence-corrected chi connectivity index (χ1v) is 12.9. The molecule has 1 saturated heterocycles.